The van der Waals surface area contributed by atoms with Crippen LogP contribution in [0.1, 0.15) is 13.8 Å². The van der Waals surface area contributed by atoms with Crippen molar-refractivity contribution in [3.05, 3.63) is 28.2 Å². The van der Waals surface area contributed by atoms with Gasteiger partial charge in [-0.1, -0.05) is 0 Å². The zero-order valence-electron chi connectivity index (χ0n) is 9.48. The van der Waals surface area contributed by atoms with Crippen molar-refractivity contribution in [3.8, 4) is 0 Å². The summed E-state index contributed by atoms with van der Waals surface area (Å²) in [5, 5.41) is 2.31. The van der Waals surface area contributed by atoms with Crippen LogP contribution in [0.4, 0.5) is 14.5 Å². The molecule has 0 unspecified atom stereocenters. The highest BCUT2D eigenvalue weighted by Gasteiger charge is 2.26. The van der Waals surface area contributed by atoms with E-state index in [1.165, 1.54) is 0 Å². The van der Waals surface area contributed by atoms with Gasteiger partial charge in [0.15, 0.2) is 0 Å². The van der Waals surface area contributed by atoms with Gasteiger partial charge in [-0.25, -0.2) is 8.78 Å². The van der Waals surface area contributed by atoms with Gasteiger partial charge in [-0.15, -0.1) is 0 Å². The standard InChI is InChI=1S/C11H13BrF2N2O/c1-11(2,5-15)10(17)16-9-4-7(13)6(12)3-8(9)14/h3-4H,5,15H2,1-2H3,(H,16,17). The largest absolute Gasteiger partial charge is 0.329 e. The lowest BCUT2D eigenvalue weighted by atomic mass is 9.92. The minimum atomic E-state index is -0.837. The maximum atomic E-state index is 13.4. The van der Waals surface area contributed by atoms with E-state index in [4.69, 9.17) is 5.73 Å². The fourth-order valence-corrected chi connectivity index (χ4v) is 1.32. The van der Waals surface area contributed by atoms with E-state index in [0.717, 1.165) is 12.1 Å². The van der Waals surface area contributed by atoms with E-state index in [1.54, 1.807) is 13.8 Å². The molecule has 0 aliphatic heterocycles. The smallest absolute Gasteiger partial charge is 0.231 e. The number of halogens is 3. The van der Waals surface area contributed by atoms with Gasteiger partial charge < -0.3 is 11.1 Å². The Morgan fingerprint density at radius 2 is 2.00 bits per heavy atom. The third-order valence-electron chi connectivity index (χ3n) is 2.38. The zero-order chi connectivity index (χ0) is 13.2. The Hall–Kier alpha value is -1.01. The van der Waals surface area contributed by atoms with Crippen molar-refractivity contribution in [2.75, 3.05) is 11.9 Å². The second-order valence-corrected chi connectivity index (χ2v) is 5.14. The molecule has 3 nitrogen and oxygen atoms in total. The highest BCUT2D eigenvalue weighted by atomic mass is 79.9. The molecule has 1 amide bonds. The van der Waals surface area contributed by atoms with Crippen LogP contribution in [0.25, 0.3) is 0 Å². The van der Waals surface area contributed by atoms with Crippen LogP contribution in [0, 0.1) is 17.0 Å². The molecule has 0 saturated heterocycles. The summed E-state index contributed by atoms with van der Waals surface area (Å²) >= 11 is 2.85. The average Bonchev–Trinajstić information content (AvgIpc) is 2.25. The normalized spacial score (nSPS) is 11.4. The molecule has 0 radical (unpaired) electrons. The maximum Gasteiger partial charge on any atom is 0.231 e. The minimum Gasteiger partial charge on any atom is -0.329 e. The van der Waals surface area contributed by atoms with Gasteiger partial charge in [0.1, 0.15) is 11.6 Å². The number of nitrogens with two attached hydrogens (primary N) is 1. The SMILES string of the molecule is CC(C)(CN)C(=O)Nc1cc(F)c(Br)cc1F. The molecule has 0 aliphatic rings. The maximum absolute atomic E-state index is 13.4. The molecule has 94 valence electrons. The quantitative estimate of drug-likeness (QED) is 0.844. The summed E-state index contributed by atoms with van der Waals surface area (Å²) in [6, 6.07) is 1.88. The molecule has 0 aliphatic carbocycles. The van der Waals surface area contributed by atoms with Gasteiger partial charge >= 0.3 is 0 Å². The first-order valence-corrected chi connectivity index (χ1v) is 5.73. The molecular weight excluding hydrogens is 294 g/mol. The van der Waals surface area contributed by atoms with Crippen molar-refractivity contribution in [1.82, 2.24) is 0 Å². The van der Waals surface area contributed by atoms with Gasteiger partial charge in [-0.2, -0.15) is 0 Å². The van der Waals surface area contributed by atoms with Crippen LogP contribution < -0.4 is 11.1 Å². The van der Waals surface area contributed by atoms with Gasteiger partial charge in [0.2, 0.25) is 5.91 Å². The van der Waals surface area contributed by atoms with Crippen molar-refractivity contribution >= 4 is 27.5 Å². The number of nitrogens with one attached hydrogen (secondary N) is 1. The lowest BCUT2D eigenvalue weighted by molar-refractivity contribution is -0.123. The molecule has 6 heteroatoms. The highest BCUT2D eigenvalue weighted by molar-refractivity contribution is 9.10. The Labute approximate surface area is 107 Å². The number of carbonyl (C=O) groups is 1. The predicted molar refractivity (Wildman–Crippen MR) is 65.5 cm³/mol. The number of hydrogen-bond donors (Lipinski definition) is 2. The Morgan fingerprint density at radius 3 is 2.53 bits per heavy atom. The first-order chi connectivity index (χ1) is 7.77. The molecule has 17 heavy (non-hydrogen) atoms. The molecular formula is C11H13BrF2N2O. The Kier molecular flexibility index (Phi) is 4.21. The average molecular weight is 307 g/mol. The van der Waals surface area contributed by atoms with Crippen LogP contribution in [0.15, 0.2) is 16.6 Å². The van der Waals surface area contributed by atoms with Crippen molar-refractivity contribution in [2.24, 2.45) is 11.1 Å². The summed E-state index contributed by atoms with van der Waals surface area (Å²) in [7, 11) is 0. The number of amides is 1. The summed E-state index contributed by atoms with van der Waals surface area (Å²) in [6.07, 6.45) is 0. The molecule has 1 aromatic rings. The van der Waals surface area contributed by atoms with Crippen LogP contribution in [0.2, 0.25) is 0 Å². The number of rotatable bonds is 3. The molecule has 0 fully saturated rings. The molecule has 1 aromatic carbocycles. The van der Waals surface area contributed by atoms with Crippen molar-refractivity contribution in [3.63, 3.8) is 0 Å². The third kappa shape index (κ3) is 3.23. The van der Waals surface area contributed by atoms with Crippen LogP contribution >= 0.6 is 15.9 Å². The van der Waals surface area contributed by atoms with E-state index < -0.39 is 23.0 Å². The monoisotopic (exact) mass is 306 g/mol. The first kappa shape index (κ1) is 14.1. The van der Waals surface area contributed by atoms with Crippen molar-refractivity contribution < 1.29 is 13.6 Å². The van der Waals surface area contributed by atoms with Gasteiger partial charge in [-0.05, 0) is 35.8 Å². The van der Waals surface area contributed by atoms with Crippen LogP contribution in [-0.4, -0.2) is 12.5 Å². The second-order valence-electron chi connectivity index (χ2n) is 4.29. The Morgan fingerprint density at radius 1 is 1.41 bits per heavy atom. The first-order valence-electron chi connectivity index (χ1n) is 4.94. The topological polar surface area (TPSA) is 55.1 Å². The summed E-state index contributed by atoms with van der Waals surface area (Å²) in [4.78, 5) is 11.7. The molecule has 0 bridgehead atoms. The highest BCUT2D eigenvalue weighted by Crippen LogP contribution is 2.25. The molecule has 0 spiro atoms. The third-order valence-corrected chi connectivity index (χ3v) is 2.99. The number of carbonyl (C=O) groups excluding carboxylic acids is 1. The molecule has 3 N–H and O–H groups in total. The lowest BCUT2D eigenvalue weighted by Crippen LogP contribution is -2.37. The minimum absolute atomic E-state index is 0.00563. The van der Waals surface area contributed by atoms with E-state index in [-0.39, 0.29) is 16.7 Å². The van der Waals surface area contributed by atoms with E-state index in [0.29, 0.717) is 0 Å². The van der Waals surface area contributed by atoms with E-state index >= 15 is 0 Å². The Balaban J connectivity index is 2.97. The fourth-order valence-electron chi connectivity index (χ4n) is 1.00. The van der Waals surface area contributed by atoms with E-state index in [2.05, 4.69) is 21.2 Å². The van der Waals surface area contributed by atoms with Gasteiger partial charge in [0.25, 0.3) is 0 Å². The van der Waals surface area contributed by atoms with Crippen LogP contribution in [0.3, 0.4) is 0 Å². The van der Waals surface area contributed by atoms with Gasteiger partial charge in [0.05, 0.1) is 15.6 Å². The second kappa shape index (κ2) is 5.10. The number of hydrogen-bond acceptors (Lipinski definition) is 2. The van der Waals surface area contributed by atoms with Crippen LogP contribution in [0.5, 0.6) is 0 Å². The molecule has 1 rings (SSSR count). The fraction of sp³-hybridized carbons (Fsp3) is 0.364. The molecule has 0 heterocycles. The number of anilines is 1. The van der Waals surface area contributed by atoms with Crippen molar-refractivity contribution in [1.29, 1.82) is 0 Å². The predicted octanol–water partition coefficient (Wildman–Crippen LogP) is 2.65. The van der Waals surface area contributed by atoms with Crippen LogP contribution in [-0.2, 0) is 4.79 Å². The summed E-state index contributed by atoms with van der Waals surface area (Å²) in [5.41, 5.74) is 4.38. The Bertz CT molecular complexity index is 449. The summed E-state index contributed by atoms with van der Waals surface area (Å²) in [5.74, 6) is -1.81. The lowest BCUT2D eigenvalue weighted by Gasteiger charge is -2.21. The van der Waals surface area contributed by atoms with Gasteiger partial charge in [0, 0.05) is 12.6 Å². The molecule has 0 atom stereocenters. The number of benzene rings is 1. The van der Waals surface area contributed by atoms with Gasteiger partial charge in [-0.3, -0.25) is 4.79 Å². The summed E-state index contributed by atoms with van der Waals surface area (Å²) in [6.45, 7) is 3.35. The summed E-state index contributed by atoms with van der Waals surface area (Å²) < 4.78 is 26.6. The molecule has 0 aromatic heterocycles. The van der Waals surface area contributed by atoms with E-state index in [1.807, 2.05) is 0 Å². The zero-order valence-corrected chi connectivity index (χ0v) is 11.1. The van der Waals surface area contributed by atoms with E-state index in [9.17, 15) is 13.6 Å². The molecule has 0 saturated carbocycles. The van der Waals surface area contributed by atoms with Crippen molar-refractivity contribution in [2.45, 2.75) is 13.8 Å².